The van der Waals surface area contributed by atoms with Crippen molar-refractivity contribution in [2.45, 2.75) is 6.04 Å². The zero-order chi connectivity index (χ0) is 8.27. The fraction of sp³-hybridized carbons (Fsp3) is 0.111. The van der Waals surface area contributed by atoms with E-state index >= 15 is 0 Å². The number of rotatable bonds is 1. The van der Waals surface area contributed by atoms with Gasteiger partial charge in [-0.25, -0.2) is 0 Å². The van der Waals surface area contributed by atoms with Gasteiger partial charge in [-0.1, -0.05) is 40.0 Å². The fourth-order valence-electron chi connectivity index (χ4n) is 0.817. The smallest absolute Gasteiger partial charge is 0.0929 e. The molecule has 0 aliphatic carbocycles. The van der Waals surface area contributed by atoms with E-state index in [1.165, 1.54) is 0 Å². The summed E-state index contributed by atoms with van der Waals surface area (Å²) in [6.07, 6.45) is 5.18. The molecule has 1 aromatic carbocycles. The zero-order valence-corrected chi connectivity index (χ0v) is 7.51. The summed E-state index contributed by atoms with van der Waals surface area (Å²) < 4.78 is 0.963. The largest absolute Gasteiger partial charge is 0.314 e. The van der Waals surface area contributed by atoms with Crippen LogP contribution in [0.3, 0.4) is 0 Å². The number of benzene rings is 1. The molecule has 0 radical (unpaired) electrons. The molecule has 0 aliphatic heterocycles. The topological polar surface area (TPSA) is 26.0 Å². The van der Waals surface area contributed by atoms with Gasteiger partial charge in [0, 0.05) is 4.47 Å². The molecular weight excluding hydrogens is 202 g/mol. The predicted molar refractivity (Wildman–Crippen MR) is 49.9 cm³/mol. The van der Waals surface area contributed by atoms with Crippen molar-refractivity contribution in [3.05, 3.63) is 34.3 Å². The van der Waals surface area contributed by atoms with E-state index in [0.29, 0.717) is 0 Å². The summed E-state index contributed by atoms with van der Waals surface area (Å²) in [5.74, 6) is 2.47. The lowest BCUT2D eigenvalue weighted by atomic mass is 10.1. The molecule has 0 bridgehead atoms. The maximum Gasteiger partial charge on any atom is 0.0929 e. The summed E-state index contributed by atoms with van der Waals surface area (Å²) in [6.45, 7) is 0. The van der Waals surface area contributed by atoms with E-state index in [9.17, 15) is 0 Å². The molecule has 2 heteroatoms. The van der Waals surface area contributed by atoms with E-state index in [-0.39, 0.29) is 6.04 Å². The van der Waals surface area contributed by atoms with Crippen LogP contribution < -0.4 is 5.73 Å². The third kappa shape index (κ3) is 1.83. The molecule has 0 heterocycles. The van der Waals surface area contributed by atoms with Gasteiger partial charge < -0.3 is 5.73 Å². The molecule has 0 saturated heterocycles. The summed E-state index contributed by atoms with van der Waals surface area (Å²) in [5.41, 5.74) is 6.58. The predicted octanol–water partition coefficient (Wildman–Crippen LogP) is 2.08. The van der Waals surface area contributed by atoms with Gasteiger partial charge >= 0.3 is 0 Å². The van der Waals surface area contributed by atoms with Crippen LogP contribution in [0.4, 0.5) is 0 Å². The quantitative estimate of drug-likeness (QED) is 0.705. The van der Waals surface area contributed by atoms with Gasteiger partial charge in [-0.3, -0.25) is 0 Å². The molecule has 2 N–H and O–H groups in total. The van der Waals surface area contributed by atoms with E-state index in [4.69, 9.17) is 12.2 Å². The number of hydrogen-bond donors (Lipinski definition) is 1. The molecule has 0 fully saturated rings. The zero-order valence-electron chi connectivity index (χ0n) is 5.92. The first-order valence-electron chi connectivity index (χ1n) is 3.22. The standard InChI is InChI=1S/C9H8BrN/c1-2-9(11)7-5-3-4-6-8(7)10/h1,3-6,9H,11H2. The second-order valence-electron chi connectivity index (χ2n) is 2.17. The van der Waals surface area contributed by atoms with Crippen LogP contribution in [0.15, 0.2) is 28.7 Å². The first-order chi connectivity index (χ1) is 5.25. The van der Waals surface area contributed by atoms with Gasteiger partial charge in [0.2, 0.25) is 0 Å². The van der Waals surface area contributed by atoms with Gasteiger partial charge in [0.05, 0.1) is 6.04 Å². The summed E-state index contributed by atoms with van der Waals surface area (Å²) in [5, 5.41) is 0. The molecule has 1 rings (SSSR count). The van der Waals surface area contributed by atoms with Crippen LogP contribution in [0.5, 0.6) is 0 Å². The van der Waals surface area contributed by atoms with Crippen molar-refractivity contribution in [2.24, 2.45) is 5.73 Å². The normalized spacial score (nSPS) is 12.1. The van der Waals surface area contributed by atoms with Crippen LogP contribution in [0.1, 0.15) is 11.6 Å². The van der Waals surface area contributed by atoms with E-state index in [1.807, 2.05) is 24.3 Å². The molecular formula is C9H8BrN. The first-order valence-corrected chi connectivity index (χ1v) is 4.01. The van der Waals surface area contributed by atoms with Crippen LogP contribution in [0.25, 0.3) is 0 Å². The van der Waals surface area contributed by atoms with Crippen LogP contribution in [0.2, 0.25) is 0 Å². The van der Waals surface area contributed by atoms with E-state index < -0.39 is 0 Å². The number of nitrogens with two attached hydrogens (primary N) is 1. The van der Waals surface area contributed by atoms with E-state index in [1.54, 1.807) is 0 Å². The minimum absolute atomic E-state index is 0.314. The Morgan fingerprint density at radius 1 is 1.45 bits per heavy atom. The Morgan fingerprint density at radius 3 is 2.64 bits per heavy atom. The van der Waals surface area contributed by atoms with Gasteiger partial charge in [0.1, 0.15) is 0 Å². The van der Waals surface area contributed by atoms with Crippen molar-refractivity contribution in [2.75, 3.05) is 0 Å². The SMILES string of the molecule is C#CC(N)c1ccccc1Br. The molecule has 1 nitrogen and oxygen atoms in total. The number of terminal acetylenes is 1. The second kappa shape index (κ2) is 3.56. The maximum absolute atomic E-state index is 5.63. The van der Waals surface area contributed by atoms with Crippen LogP contribution in [-0.4, -0.2) is 0 Å². The summed E-state index contributed by atoms with van der Waals surface area (Å²) >= 11 is 3.36. The Bertz CT molecular complexity index is 288. The molecule has 0 spiro atoms. The molecule has 0 aliphatic rings. The van der Waals surface area contributed by atoms with Crippen molar-refractivity contribution >= 4 is 15.9 Å². The Kier molecular flexibility index (Phi) is 2.70. The van der Waals surface area contributed by atoms with Crippen LogP contribution >= 0.6 is 15.9 Å². The lowest BCUT2D eigenvalue weighted by Gasteiger charge is -2.05. The minimum Gasteiger partial charge on any atom is -0.314 e. The third-order valence-corrected chi connectivity index (χ3v) is 2.14. The summed E-state index contributed by atoms with van der Waals surface area (Å²) in [4.78, 5) is 0. The highest BCUT2D eigenvalue weighted by molar-refractivity contribution is 9.10. The summed E-state index contributed by atoms with van der Waals surface area (Å²) in [7, 11) is 0. The monoisotopic (exact) mass is 209 g/mol. The Balaban J connectivity index is 3.05. The number of hydrogen-bond acceptors (Lipinski definition) is 1. The average molecular weight is 210 g/mol. The van der Waals surface area contributed by atoms with Gasteiger partial charge in [-0.05, 0) is 11.6 Å². The maximum atomic E-state index is 5.63. The van der Waals surface area contributed by atoms with Crippen LogP contribution in [0, 0.1) is 12.3 Å². The van der Waals surface area contributed by atoms with Crippen molar-refractivity contribution in [1.29, 1.82) is 0 Å². The third-order valence-electron chi connectivity index (χ3n) is 1.42. The summed E-state index contributed by atoms with van der Waals surface area (Å²) in [6, 6.07) is 7.36. The second-order valence-corrected chi connectivity index (χ2v) is 3.02. The minimum atomic E-state index is -0.314. The molecule has 11 heavy (non-hydrogen) atoms. The van der Waals surface area contributed by atoms with Gasteiger partial charge in [0.15, 0.2) is 0 Å². The highest BCUT2D eigenvalue weighted by Gasteiger charge is 2.03. The van der Waals surface area contributed by atoms with Crippen molar-refractivity contribution < 1.29 is 0 Å². The van der Waals surface area contributed by atoms with Gasteiger partial charge in [-0.2, -0.15) is 0 Å². The molecule has 1 atom stereocenters. The average Bonchev–Trinajstić information content (AvgIpc) is 2.04. The van der Waals surface area contributed by atoms with Crippen molar-refractivity contribution in [3.8, 4) is 12.3 Å². The van der Waals surface area contributed by atoms with Crippen molar-refractivity contribution in [1.82, 2.24) is 0 Å². The van der Waals surface area contributed by atoms with Gasteiger partial charge in [0.25, 0.3) is 0 Å². The molecule has 0 aromatic heterocycles. The van der Waals surface area contributed by atoms with Crippen molar-refractivity contribution in [3.63, 3.8) is 0 Å². The lowest BCUT2D eigenvalue weighted by molar-refractivity contribution is 0.939. The Hall–Kier alpha value is -0.780. The molecule has 1 unspecified atom stereocenters. The van der Waals surface area contributed by atoms with E-state index in [2.05, 4.69) is 21.9 Å². The Labute approximate surface area is 74.7 Å². The highest BCUT2D eigenvalue weighted by Crippen LogP contribution is 2.20. The molecule has 56 valence electrons. The van der Waals surface area contributed by atoms with Crippen LogP contribution in [-0.2, 0) is 0 Å². The van der Waals surface area contributed by atoms with E-state index in [0.717, 1.165) is 10.0 Å². The Morgan fingerprint density at radius 2 is 2.09 bits per heavy atom. The molecule has 1 aromatic rings. The lowest BCUT2D eigenvalue weighted by Crippen LogP contribution is -2.07. The molecule has 0 saturated carbocycles. The van der Waals surface area contributed by atoms with Gasteiger partial charge in [-0.15, -0.1) is 6.42 Å². The first kappa shape index (κ1) is 8.32. The highest BCUT2D eigenvalue weighted by atomic mass is 79.9. The molecule has 0 amide bonds. The fourth-order valence-corrected chi connectivity index (χ4v) is 1.35. The number of halogens is 1.